The van der Waals surface area contributed by atoms with Crippen molar-refractivity contribution in [3.8, 4) is 0 Å². The molecule has 76 valence electrons. The first kappa shape index (κ1) is 12.2. The zero-order valence-electron chi connectivity index (χ0n) is 9.26. The Balaban J connectivity index is 3.89. The maximum absolute atomic E-state index is 10.7. The summed E-state index contributed by atoms with van der Waals surface area (Å²) in [7, 11) is 0. The predicted octanol–water partition coefficient (Wildman–Crippen LogP) is 2.93. The molecule has 0 saturated heterocycles. The summed E-state index contributed by atoms with van der Waals surface area (Å²) in [4.78, 5) is 10.7. The first-order valence-electron chi connectivity index (χ1n) is 4.74. The number of rotatable bonds is 4. The molecular formula is C11H20O2. The molecule has 0 aliphatic heterocycles. The van der Waals surface area contributed by atoms with Gasteiger partial charge in [-0.1, -0.05) is 18.6 Å². The third kappa shape index (κ3) is 6.38. The molecule has 0 aliphatic carbocycles. The van der Waals surface area contributed by atoms with Gasteiger partial charge in [0.15, 0.2) is 0 Å². The van der Waals surface area contributed by atoms with E-state index in [1.54, 1.807) is 0 Å². The van der Waals surface area contributed by atoms with Crippen LogP contribution in [0.4, 0.5) is 0 Å². The van der Waals surface area contributed by atoms with Crippen LogP contribution < -0.4 is 0 Å². The molecule has 0 fully saturated rings. The van der Waals surface area contributed by atoms with Crippen LogP contribution in [0.3, 0.4) is 0 Å². The van der Waals surface area contributed by atoms with Gasteiger partial charge in [0.1, 0.15) is 6.10 Å². The zero-order chi connectivity index (χ0) is 10.4. The van der Waals surface area contributed by atoms with Gasteiger partial charge in [-0.2, -0.15) is 0 Å². The number of hydrogen-bond donors (Lipinski definition) is 0. The lowest BCUT2D eigenvalue weighted by Gasteiger charge is -2.18. The van der Waals surface area contributed by atoms with Gasteiger partial charge in [0, 0.05) is 6.92 Å². The Morgan fingerprint density at radius 3 is 2.23 bits per heavy atom. The Kier molecular flexibility index (Phi) is 5.44. The van der Waals surface area contributed by atoms with E-state index < -0.39 is 0 Å². The molecule has 0 heterocycles. The van der Waals surface area contributed by atoms with Crippen molar-refractivity contribution < 1.29 is 9.53 Å². The predicted molar refractivity (Wildman–Crippen MR) is 54.4 cm³/mol. The summed E-state index contributed by atoms with van der Waals surface area (Å²) in [6.45, 7) is 9.62. The molecule has 0 aromatic heterocycles. The average Bonchev–Trinajstić information content (AvgIpc) is 1.98. The summed E-state index contributed by atoms with van der Waals surface area (Å²) in [5.74, 6) is 0.190. The molecule has 0 aromatic rings. The van der Waals surface area contributed by atoms with Crippen molar-refractivity contribution in [1.82, 2.24) is 0 Å². The molecule has 0 saturated carbocycles. The summed E-state index contributed by atoms with van der Waals surface area (Å²) in [6, 6.07) is 0. The molecule has 2 unspecified atom stereocenters. The Bertz CT molecular complexity index is 190. The number of allylic oxidation sites excluding steroid dienone is 2. The molecule has 2 heteroatoms. The molecule has 13 heavy (non-hydrogen) atoms. The van der Waals surface area contributed by atoms with Gasteiger partial charge in [0.2, 0.25) is 0 Å². The van der Waals surface area contributed by atoms with E-state index >= 15 is 0 Å². The van der Waals surface area contributed by atoms with E-state index in [0.717, 1.165) is 6.42 Å². The standard InChI is InChI=1S/C11H20O2/c1-8(2)6-7-9(3)10(4)13-11(5)12/h6,9-10H,7H2,1-5H3. The van der Waals surface area contributed by atoms with E-state index in [-0.39, 0.29) is 12.1 Å². The van der Waals surface area contributed by atoms with Crippen molar-refractivity contribution in [1.29, 1.82) is 0 Å². The average molecular weight is 184 g/mol. The van der Waals surface area contributed by atoms with Crippen LogP contribution in [0.2, 0.25) is 0 Å². The Hall–Kier alpha value is -0.790. The van der Waals surface area contributed by atoms with Crippen molar-refractivity contribution in [2.45, 2.75) is 47.1 Å². The fraction of sp³-hybridized carbons (Fsp3) is 0.727. The summed E-state index contributed by atoms with van der Waals surface area (Å²) < 4.78 is 5.08. The molecule has 0 amide bonds. The molecule has 0 N–H and O–H groups in total. The largest absolute Gasteiger partial charge is 0.463 e. The lowest BCUT2D eigenvalue weighted by molar-refractivity contribution is -0.147. The molecule has 0 aromatic carbocycles. The second-order valence-corrected chi connectivity index (χ2v) is 3.81. The van der Waals surface area contributed by atoms with Crippen LogP contribution in [0.5, 0.6) is 0 Å². The van der Waals surface area contributed by atoms with Crippen LogP contribution in [-0.4, -0.2) is 12.1 Å². The van der Waals surface area contributed by atoms with Crippen LogP contribution in [-0.2, 0) is 9.53 Å². The fourth-order valence-electron chi connectivity index (χ4n) is 0.991. The number of esters is 1. The second-order valence-electron chi connectivity index (χ2n) is 3.81. The van der Waals surface area contributed by atoms with Gasteiger partial charge in [-0.25, -0.2) is 0 Å². The lowest BCUT2D eigenvalue weighted by Crippen LogP contribution is -2.20. The van der Waals surface area contributed by atoms with Gasteiger partial charge in [-0.15, -0.1) is 0 Å². The number of carbonyl (C=O) groups is 1. The van der Waals surface area contributed by atoms with E-state index in [0.29, 0.717) is 5.92 Å². The van der Waals surface area contributed by atoms with Crippen LogP contribution in [0.25, 0.3) is 0 Å². The maximum Gasteiger partial charge on any atom is 0.302 e. The zero-order valence-corrected chi connectivity index (χ0v) is 9.26. The van der Waals surface area contributed by atoms with Gasteiger partial charge >= 0.3 is 5.97 Å². The molecular weight excluding hydrogens is 164 g/mol. The van der Waals surface area contributed by atoms with Crippen LogP contribution in [0, 0.1) is 5.92 Å². The van der Waals surface area contributed by atoms with E-state index in [4.69, 9.17) is 4.74 Å². The van der Waals surface area contributed by atoms with E-state index in [1.165, 1.54) is 12.5 Å². The lowest BCUT2D eigenvalue weighted by atomic mass is 10.0. The molecule has 0 spiro atoms. The van der Waals surface area contributed by atoms with Gasteiger partial charge in [0.05, 0.1) is 0 Å². The summed E-state index contributed by atoms with van der Waals surface area (Å²) in [5.41, 5.74) is 1.31. The second kappa shape index (κ2) is 5.79. The number of ether oxygens (including phenoxy) is 1. The highest BCUT2D eigenvalue weighted by Crippen LogP contribution is 2.13. The maximum atomic E-state index is 10.7. The SMILES string of the molecule is CC(=O)OC(C)C(C)CC=C(C)C. The van der Waals surface area contributed by atoms with Crippen molar-refractivity contribution in [2.75, 3.05) is 0 Å². The van der Waals surface area contributed by atoms with Crippen molar-refractivity contribution >= 4 is 5.97 Å². The van der Waals surface area contributed by atoms with Gasteiger partial charge in [-0.05, 0) is 33.1 Å². The summed E-state index contributed by atoms with van der Waals surface area (Å²) >= 11 is 0. The highest BCUT2D eigenvalue weighted by Gasteiger charge is 2.13. The highest BCUT2D eigenvalue weighted by atomic mass is 16.5. The molecule has 0 bridgehead atoms. The Morgan fingerprint density at radius 2 is 1.85 bits per heavy atom. The highest BCUT2D eigenvalue weighted by molar-refractivity contribution is 5.66. The van der Waals surface area contributed by atoms with Gasteiger partial charge in [-0.3, -0.25) is 4.79 Å². The fourth-order valence-corrected chi connectivity index (χ4v) is 0.991. The monoisotopic (exact) mass is 184 g/mol. The summed E-state index contributed by atoms with van der Waals surface area (Å²) in [6.07, 6.45) is 3.15. The topological polar surface area (TPSA) is 26.3 Å². The first-order valence-corrected chi connectivity index (χ1v) is 4.74. The smallest absolute Gasteiger partial charge is 0.302 e. The minimum atomic E-state index is -0.198. The molecule has 2 atom stereocenters. The summed E-state index contributed by atoms with van der Waals surface area (Å²) in [5, 5.41) is 0. The quantitative estimate of drug-likeness (QED) is 0.496. The third-order valence-corrected chi connectivity index (χ3v) is 2.05. The minimum Gasteiger partial charge on any atom is -0.463 e. The van der Waals surface area contributed by atoms with E-state index in [1.807, 2.05) is 6.92 Å². The van der Waals surface area contributed by atoms with Gasteiger partial charge in [0.25, 0.3) is 0 Å². The minimum absolute atomic E-state index is 0.00750. The van der Waals surface area contributed by atoms with Gasteiger partial charge < -0.3 is 4.74 Å². The van der Waals surface area contributed by atoms with E-state index in [9.17, 15) is 4.79 Å². The number of hydrogen-bond acceptors (Lipinski definition) is 2. The Morgan fingerprint density at radius 1 is 1.31 bits per heavy atom. The van der Waals surface area contributed by atoms with Crippen LogP contribution in [0.15, 0.2) is 11.6 Å². The van der Waals surface area contributed by atoms with Crippen molar-refractivity contribution in [2.24, 2.45) is 5.92 Å². The first-order chi connectivity index (χ1) is 5.93. The third-order valence-electron chi connectivity index (χ3n) is 2.05. The molecule has 0 radical (unpaired) electrons. The molecule has 0 rings (SSSR count). The normalized spacial score (nSPS) is 14.5. The van der Waals surface area contributed by atoms with Crippen molar-refractivity contribution in [3.05, 3.63) is 11.6 Å². The van der Waals surface area contributed by atoms with Crippen LogP contribution in [0.1, 0.15) is 41.0 Å². The molecule has 0 aliphatic rings. The van der Waals surface area contributed by atoms with Crippen LogP contribution >= 0.6 is 0 Å². The molecule has 2 nitrogen and oxygen atoms in total. The van der Waals surface area contributed by atoms with Crippen molar-refractivity contribution in [3.63, 3.8) is 0 Å². The Labute approximate surface area is 81.0 Å². The number of carbonyl (C=O) groups excluding carboxylic acids is 1. The van der Waals surface area contributed by atoms with E-state index in [2.05, 4.69) is 26.8 Å².